The largest absolute Gasteiger partial charge is 0.292 e. The third-order valence-corrected chi connectivity index (χ3v) is 13.4. The van der Waals surface area contributed by atoms with Crippen LogP contribution in [0.5, 0.6) is 0 Å². The van der Waals surface area contributed by atoms with Crippen molar-refractivity contribution in [2.75, 3.05) is 6.54 Å². The first-order valence-electron chi connectivity index (χ1n) is 22.8. The first-order valence-corrected chi connectivity index (χ1v) is 22.8. The van der Waals surface area contributed by atoms with E-state index in [4.69, 9.17) is 20.1 Å². The van der Waals surface area contributed by atoms with Crippen LogP contribution in [0.3, 0.4) is 0 Å². The quantitative estimate of drug-likeness (QED) is 0.113. The number of rotatable bonds is 12. The molecule has 0 unspecified atom stereocenters. The fraction of sp³-hybridized carbons (Fsp3) is 0.196. The van der Waals surface area contributed by atoms with Crippen LogP contribution in [0.4, 0.5) is 0 Å². The number of fused-ring (bicyclic) bond motifs is 4. The number of aryl methyl sites for hydroxylation is 1. The molecule has 4 heterocycles. The van der Waals surface area contributed by atoms with E-state index in [0.717, 1.165) is 94.5 Å². The summed E-state index contributed by atoms with van der Waals surface area (Å²) in [5.74, 6) is 1.45. The summed E-state index contributed by atoms with van der Waals surface area (Å²) in [6.45, 7) is 3.44. The fourth-order valence-corrected chi connectivity index (χ4v) is 10.2. The van der Waals surface area contributed by atoms with Crippen LogP contribution in [-0.4, -0.2) is 41.4 Å². The summed E-state index contributed by atoms with van der Waals surface area (Å²) in [6.07, 6.45) is 4.36. The average molecular weight is 852 g/mol. The predicted octanol–water partition coefficient (Wildman–Crippen LogP) is 10.9. The highest BCUT2D eigenvalue weighted by atomic mass is 16.7. The molecule has 1 saturated heterocycles. The van der Waals surface area contributed by atoms with Gasteiger partial charge in [-0.05, 0) is 85.5 Å². The van der Waals surface area contributed by atoms with E-state index in [1.807, 2.05) is 45.6 Å². The Bertz CT molecular complexity index is 3070. The highest BCUT2D eigenvalue weighted by Gasteiger charge is 2.42. The van der Waals surface area contributed by atoms with Crippen LogP contribution in [0.2, 0.25) is 0 Å². The van der Waals surface area contributed by atoms with Crippen molar-refractivity contribution in [2.45, 2.75) is 63.3 Å². The second-order valence-corrected chi connectivity index (χ2v) is 17.2. The Morgan fingerprint density at radius 1 is 0.708 bits per heavy atom. The zero-order valence-electron chi connectivity index (χ0n) is 36.4. The van der Waals surface area contributed by atoms with Gasteiger partial charge in [0.15, 0.2) is 5.82 Å². The minimum Gasteiger partial charge on any atom is -0.292 e. The van der Waals surface area contributed by atoms with Gasteiger partial charge in [0.25, 0.3) is 5.56 Å². The highest BCUT2D eigenvalue weighted by molar-refractivity contribution is 5.81. The molecule has 2 aromatic heterocycles. The lowest BCUT2D eigenvalue weighted by Gasteiger charge is -2.36. The minimum absolute atomic E-state index is 0.0241. The van der Waals surface area contributed by atoms with E-state index in [0.29, 0.717) is 17.8 Å². The van der Waals surface area contributed by atoms with Crippen molar-refractivity contribution in [3.63, 3.8) is 0 Å². The van der Waals surface area contributed by atoms with Gasteiger partial charge in [-0.2, -0.15) is 5.06 Å². The summed E-state index contributed by atoms with van der Waals surface area (Å²) in [5.41, 5.74) is 10.6. The lowest BCUT2D eigenvalue weighted by Crippen LogP contribution is -2.39. The summed E-state index contributed by atoms with van der Waals surface area (Å²) in [5, 5.41) is 16.7. The lowest BCUT2D eigenvalue weighted by atomic mass is 9.77. The lowest BCUT2D eigenvalue weighted by molar-refractivity contribution is -0.167. The van der Waals surface area contributed by atoms with Gasteiger partial charge in [-0.3, -0.25) is 14.2 Å². The molecular weight excluding hydrogens is 803 g/mol. The molecule has 0 aliphatic carbocycles. The van der Waals surface area contributed by atoms with Crippen molar-refractivity contribution in [2.24, 2.45) is 0 Å². The molecule has 9 nitrogen and oxygen atoms in total. The van der Waals surface area contributed by atoms with Gasteiger partial charge in [-0.1, -0.05) is 183 Å². The van der Waals surface area contributed by atoms with Gasteiger partial charge in [-0.15, -0.1) is 5.10 Å². The molecule has 0 spiro atoms. The van der Waals surface area contributed by atoms with E-state index in [1.165, 1.54) is 11.1 Å². The van der Waals surface area contributed by atoms with Gasteiger partial charge in [0, 0.05) is 24.9 Å². The Labute approximate surface area is 378 Å². The van der Waals surface area contributed by atoms with Crippen molar-refractivity contribution >= 4 is 10.9 Å². The summed E-state index contributed by atoms with van der Waals surface area (Å²) in [7, 11) is 0. The number of hydroxylamine groups is 2. The molecule has 9 heteroatoms. The highest BCUT2D eigenvalue weighted by Crippen LogP contribution is 2.46. The number of hydrogen-bond acceptors (Lipinski definition) is 7. The van der Waals surface area contributed by atoms with E-state index >= 15 is 0 Å². The molecular formula is C56H49N7O2. The molecule has 0 amide bonds. The topological polar surface area (TPSA) is 91.0 Å². The number of hydrogen-bond donors (Lipinski definition) is 0. The van der Waals surface area contributed by atoms with Gasteiger partial charge in [0.2, 0.25) is 0 Å². The van der Waals surface area contributed by atoms with Crippen LogP contribution < -0.4 is 5.56 Å². The molecule has 320 valence electrons. The monoisotopic (exact) mass is 851 g/mol. The van der Waals surface area contributed by atoms with E-state index in [-0.39, 0.29) is 17.7 Å². The van der Waals surface area contributed by atoms with Crippen molar-refractivity contribution in [3.8, 4) is 22.5 Å². The molecule has 9 aromatic rings. The maximum atomic E-state index is 14.6. The SMILES string of the molecule is CCCCc1nc2ccc([C@@H]3C[C@H]4c5ccccc5CCN4O3)cc2c(=O)n1Cc1ccc(-c2ccccc2-c2nnnn2C(c2ccccc2)(c2ccccc2)c2ccccc2)cc1. The molecule has 2 aliphatic rings. The van der Waals surface area contributed by atoms with Crippen molar-refractivity contribution in [1.82, 2.24) is 34.8 Å². The Morgan fingerprint density at radius 3 is 2.05 bits per heavy atom. The second kappa shape index (κ2) is 17.3. The summed E-state index contributed by atoms with van der Waals surface area (Å²) in [4.78, 5) is 26.3. The van der Waals surface area contributed by atoms with Crippen LogP contribution in [0.25, 0.3) is 33.4 Å². The van der Waals surface area contributed by atoms with Crippen molar-refractivity contribution in [3.05, 3.63) is 237 Å². The zero-order chi connectivity index (χ0) is 43.7. The predicted molar refractivity (Wildman–Crippen MR) is 255 cm³/mol. The third kappa shape index (κ3) is 7.27. The third-order valence-electron chi connectivity index (χ3n) is 13.4. The Kier molecular flexibility index (Phi) is 10.8. The molecule has 2 aliphatic heterocycles. The Balaban J connectivity index is 0.941. The molecule has 65 heavy (non-hydrogen) atoms. The molecule has 2 atom stereocenters. The van der Waals surface area contributed by atoms with Crippen LogP contribution in [0.1, 0.15) is 83.1 Å². The van der Waals surface area contributed by atoms with Gasteiger partial charge in [0.1, 0.15) is 17.5 Å². The number of nitrogens with zero attached hydrogens (tertiary/aromatic N) is 7. The standard InChI is InChI=1S/C56H49N7O2/c1-2-3-27-53-57-50-33-32-42(52-37-51-47-25-14-13-17-40(47)34-35-62(51)65-52)36-49(50)55(64)61(53)38-39-28-30-41(31-29-39)46-24-15-16-26-48(46)54-58-59-60-63(54)56(43-18-7-4-8-19-43,44-20-9-5-10-21-44)45-22-11-6-12-23-45/h4-26,28-33,36,51-52H,2-3,27,34-35,37-38H2,1H3/t51-,52-/m0/s1. The van der Waals surface area contributed by atoms with Gasteiger partial charge in [-0.25, -0.2) is 9.67 Å². The number of aromatic nitrogens is 6. The first-order chi connectivity index (χ1) is 32.1. The number of benzene rings is 7. The van der Waals surface area contributed by atoms with Crippen LogP contribution in [0.15, 0.2) is 187 Å². The summed E-state index contributed by atoms with van der Waals surface area (Å²) < 4.78 is 3.86. The average Bonchev–Trinajstić information content (AvgIpc) is 4.05. The summed E-state index contributed by atoms with van der Waals surface area (Å²) in [6, 6.07) is 63.2. The molecule has 0 N–H and O–H groups in total. The molecule has 7 aromatic carbocycles. The van der Waals surface area contributed by atoms with Crippen molar-refractivity contribution < 1.29 is 4.84 Å². The van der Waals surface area contributed by atoms with Crippen LogP contribution >= 0.6 is 0 Å². The van der Waals surface area contributed by atoms with Gasteiger partial charge in [0.05, 0.1) is 23.5 Å². The minimum atomic E-state index is -0.885. The maximum absolute atomic E-state index is 14.6. The molecule has 1 fully saturated rings. The molecule has 0 radical (unpaired) electrons. The molecule has 0 bridgehead atoms. The van der Waals surface area contributed by atoms with Gasteiger partial charge < -0.3 is 0 Å². The van der Waals surface area contributed by atoms with E-state index < -0.39 is 5.54 Å². The van der Waals surface area contributed by atoms with E-state index in [9.17, 15) is 4.79 Å². The second-order valence-electron chi connectivity index (χ2n) is 17.2. The van der Waals surface area contributed by atoms with E-state index in [1.54, 1.807) is 0 Å². The normalized spacial score (nSPS) is 16.1. The number of unbranched alkanes of at least 4 members (excludes halogenated alkanes) is 1. The summed E-state index contributed by atoms with van der Waals surface area (Å²) >= 11 is 0. The zero-order valence-corrected chi connectivity index (χ0v) is 36.4. The Hall–Kier alpha value is -7.33. The smallest absolute Gasteiger partial charge is 0.261 e. The van der Waals surface area contributed by atoms with Gasteiger partial charge >= 0.3 is 0 Å². The van der Waals surface area contributed by atoms with Crippen molar-refractivity contribution in [1.29, 1.82) is 0 Å². The fourth-order valence-electron chi connectivity index (χ4n) is 10.2. The molecule has 0 saturated carbocycles. The maximum Gasteiger partial charge on any atom is 0.261 e. The van der Waals surface area contributed by atoms with E-state index in [2.05, 4.69) is 163 Å². The number of tetrazole rings is 1. The first kappa shape index (κ1) is 40.4. The molecule has 11 rings (SSSR count). The van der Waals surface area contributed by atoms with Crippen LogP contribution in [-0.2, 0) is 29.8 Å². The van der Waals surface area contributed by atoms with Crippen LogP contribution in [0, 0.1) is 0 Å². The Morgan fingerprint density at radius 2 is 1.35 bits per heavy atom.